The molecule has 4 aromatic rings. The molecule has 36 heavy (non-hydrogen) atoms. The number of aromatic carboxylic acids is 1. The van der Waals surface area contributed by atoms with Crippen LogP contribution in [-0.4, -0.2) is 44.8 Å². The number of sulfonamides is 1. The molecule has 11 heteroatoms. The fraction of sp³-hybridized carbons (Fsp3) is 0.120. The number of fused-ring (bicyclic) bond motifs is 1. The van der Waals surface area contributed by atoms with Gasteiger partial charge in [0.15, 0.2) is 16.5 Å². The lowest BCUT2D eigenvalue weighted by Gasteiger charge is -2.19. The van der Waals surface area contributed by atoms with Gasteiger partial charge in [0.25, 0.3) is 10.0 Å². The van der Waals surface area contributed by atoms with Crippen LogP contribution in [0.25, 0.3) is 21.7 Å². The van der Waals surface area contributed by atoms with Gasteiger partial charge in [0.2, 0.25) is 0 Å². The van der Waals surface area contributed by atoms with Crippen LogP contribution in [0.5, 0.6) is 17.2 Å². The molecule has 0 saturated heterocycles. The summed E-state index contributed by atoms with van der Waals surface area (Å²) in [6.45, 7) is 1.05. The average molecular weight is 525 g/mol. The molecule has 1 aliphatic heterocycles. The van der Waals surface area contributed by atoms with Crippen LogP contribution in [0.1, 0.15) is 10.4 Å². The van der Waals surface area contributed by atoms with Crippen LogP contribution in [0, 0.1) is 0 Å². The first-order valence-corrected chi connectivity index (χ1v) is 13.1. The van der Waals surface area contributed by atoms with Crippen LogP contribution in [0.4, 0.5) is 5.69 Å². The number of carboxylic acid groups (broad SMARTS) is 1. The Morgan fingerprint density at radius 2 is 1.67 bits per heavy atom. The number of carboxylic acids is 1. The van der Waals surface area contributed by atoms with E-state index in [-0.39, 0.29) is 22.0 Å². The lowest BCUT2D eigenvalue weighted by Crippen LogP contribution is -2.15. The van der Waals surface area contributed by atoms with E-state index in [1.165, 1.54) is 42.0 Å². The van der Waals surface area contributed by atoms with Crippen molar-refractivity contribution in [1.82, 2.24) is 4.98 Å². The van der Waals surface area contributed by atoms with Crippen molar-refractivity contribution in [3.05, 3.63) is 71.6 Å². The monoisotopic (exact) mass is 524 g/mol. The zero-order valence-corrected chi connectivity index (χ0v) is 20.6. The molecule has 0 radical (unpaired) electrons. The largest absolute Gasteiger partial charge is 0.495 e. The summed E-state index contributed by atoms with van der Waals surface area (Å²) in [6.07, 6.45) is 0. The number of methoxy groups -OCH3 is 1. The minimum Gasteiger partial charge on any atom is -0.495 e. The zero-order chi connectivity index (χ0) is 25.3. The molecule has 0 spiro atoms. The Morgan fingerprint density at radius 1 is 0.972 bits per heavy atom. The van der Waals surface area contributed by atoms with Crippen molar-refractivity contribution in [2.45, 2.75) is 5.03 Å². The van der Waals surface area contributed by atoms with Crippen LogP contribution >= 0.6 is 11.3 Å². The van der Waals surface area contributed by atoms with Crippen LogP contribution in [0.3, 0.4) is 0 Å². The molecule has 9 nitrogen and oxygen atoms in total. The maximum atomic E-state index is 12.9. The molecule has 2 N–H and O–H groups in total. The van der Waals surface area contributed by atoms with E-state index in [1.54, 1.807) is 0 Å². The second-order valence-electron chi connectivity index (χ2n) is 7.75. The van der Waals surface area contributed by atoms with Gasteiger partial charge in [-0.2, -0.15) is 8.42 Å². The van der Waals surface area contributed by atoms with E-state index >= 15 is 0 Å². The molecular weight excluding hydrogens is 504 g/mol. The first kappa shape index (κ1) is 23.6. The standard InChI is InChI=1S/C25H20N2O7S2/c1-32-21-13-18(25(28)29)6-8-19(21)27-36(30,31)23-14-35-24(26-23)16-4-2-15(3-5-16)17-7-9-20-22(12-17)34-11-10-33-20/h2-9,12-14,27H,10-11H2,1H3,(H,28,29). The molecule has 1 aliphatic rings. The number of anilines is 1. The van der Waals surface area contributed by atoms with Crippen molar-refractivity contribution >= 4 is 33.0 Å². The van der Waals surface area contributed by atoms with Gasteiger partial charge in [-0.3, -0.25) is 4.72 Å². The van der Waals surface area contributed by atoms with Crippen LogP contribution < -0.4 is 18.9 Å². The highest BCUT2D eigenvalue weighted by atomic mass is 32.2. The third-order valence-electron chi connectivity index (χ3n) is 5.46. The van der Waals surface area contributed by atoms with Crippen molar-refractivity contribution in [3.8, 4) is 38.9 Å². The number of hydrogen-bond donors (Lipinski definition) is 2. The SMILES string of the molecule is COc1cc(C(=O)O)ccc1NS(=O)(=O)c1csc(-c2ccc(-c3ccc4c(c3)OCCO4)cc2)n1. The van der Waals surface area contributed by atoms with E-state index in [4.69, 9.17) is 19.3 Å². The quantitative estimate of drug-likeness (QED) is 0.355. The van der Waals surface area contributed by atoms with E-state index in [2.05, 4.69) is 9.71 Å². The molecule has 1 aromatic heterocycles. The highest BCUT2D eigenvalue weighted by molar-refractivity contribution is 7.92. The van der Waals surface area contributed by atoms with Gasteiger partial charge >= 0.3 is 5.97 Å². The Labute approximate surface area is 211 Å². The van der Waals surface area contributed by atoms with Crippen molar-refractivity contribution in [1.29, 1.82) is 0 Å². The predicted molar refractivity (Wildman–Crippen MR) is 135 cm³/mol. The lowest BCUT2D eigenvalue weighted by molar-refractivity contribution is 0.0696. The van der Waals surface area contributed by atoms with Gasteiger partial charge in [-0.15, -0.1) is 11.3 Å². The van der Waals surface area contributed by atoms with Gasteiger partial charge in [-0.25, -0.2) is 9.78 Å². The normalized spacial score (nSPS) is 12.7. The first-order valence-electron chi connectivity index (χ1n) is 10.7. The molecule has 0 bridgehead atoms. The molecule has 3 aromatic carbocycles. The number of hydrogen-bond acceptors (Lipinski definition) is 8. The molecule has 2 heterocycles. The summed E-state index contributed by atoms with van der Waals surface area (Å²) in [5.74, 6) is 0.372. The highest BCUT2D eigenvalue weighted by Gasteiger charge is 2.21. The maximum absolute atomic E-state index is 12.9. The summed E-state index contributed by atoms with van der Waals surface area (Å²) in [7, 11) is -2.70. The van der Waals surface area contributed by atoms with E-state index in [0.29, 0.717) is 24.0 Å². The smallest absolute Gasteiger partial charge is 0.335 e. The van der Waals surface area contributed by atoms with E-state index in [1.807, 2.05) is 42.5 Å². The molecule has 0 unspecified atom stereocenters. The maximum Gasteiger partial charge on any atom is 0.335 e. The Morgan fingerprint density at radius 3 is 2.39 bits per heavy atom. The summed E-state index contributed by atoms with van der Waals surface area (Å²) in [5, 5.41) is 11.0. The number of benzene rings is 3. The van der Waals surface area contributed by atoms with E-state index in [0.717, 1.165) is 22.4 Å². The number of nitrogens with one attached hydrogen (secondary N) is 1. The second-order valence-corrected chi connectivity index (χ2v) is 10.2. The number of thiazole rings is 1. The molecule has 184 valence electrons. The molecule has 0 saturated carbocycles. The molecule has 0 aliphatic carbocycles. The fourth-order valence-electron chi connectivity index (χ4n) is 3.65. The fourth-order valence-corrected chi connectivity index (χ4v) is 5.82. The van der Waals surface area contributed by atoms with E-state index in [9.17, 15) is 13.2 Å². The Hall–Kier alpha value is -4.09. The Balaban J connectivity index is 1.36. The third-order valence-corrected chi connectivity index (χ3v) is 7.75. The number of nitrogens with zero attached hydrogens (tertiary/aromatic N) is 1. The van der Waals surface area contributed by atoms with Gasteiger partial charge in [-0.05, 0) is 41.5 Å². The number of rotatable bonds is 7. The summed E-state index contributed by atoms with van der Waals surface area (Å²) in [6, 6.07) is 17.3. The van der Waals surface area contributed by atoms with E-state index < -0.39 is 16.0 Å². The average Bonchev–Trinajstić information content (AvgIpc) is 3.40. The Kier molecular flexibility index (Phi) is 6.25. The first-order chi connectivity index (χ1) is 17.3. The highest BCUT2D eigenvalue weighted by Crippen LogP contribution is 2.36. The lowest BCUT2D eigenvalue weighted by atomic mass is 10.0. The molecule has 0 amide bonds. The number of carbonyl (C=O) groups is 1. The molecule has 0 fully saturated rings. The van der Waals surface area contributed by atoms with Gasteiger partial charge in [-0.1, -0.05) is 30.3 Å². The van der Waals surface area contributed by atoms with Gasteiger partial charge in [0, 0.05) is 10.9 Å². The zero-order valence-electron chi connectivity index (χ0n) is 18.9. The predicted octanol–water partition coefficient (Wildman–Crippen LogP) is 4.76. The molecule has 5 rings (SSSR count). The van der Waals surface area contributed by atoms with Crippen molar-refractivity contribution in [3.63, 3.8) is 0 Å². The Bertz CT molecular complexity index is 1550. The number of ether oxygens (including phenoxy) is 3. The topological polar surface area (TPSA) is 124 Å². The molecule has 0 atom stereocenters. The molecular formula is C25H20N2O7S2. The van der Waals surface area contributed by atoms with Crippen LogP contribution in [0.2, 0.25) is 0 Å². The van der Waals surface area contributed by atoms with Crippen molar-refractivity contribution in [2.75, 3.05) is 25.0 Å². The summed E-state index contributed by atoms with van der Waals surface area (Å²) in [5.41, 5.74) is 2.80. The number of aromatic nitrogens is 1. The van der Waals surface area contributed by atoms with Crippen molar-refractivity contribution < 1.29 is 32.5 Å². The minimum atomic E-state index is -4.03. The van der Waals surface area contributed by atoms with Crippen LogP contribution in [-0.2, 0) is 10.0 Å². The van der Waals surface area contributed by atoms with Gasteiger partial charge in [0.05, 0.1) is 18.4 Å². The third kappa shape index (κ3) is 4.70. The minimum absolute atomic E-state index is 0.0227. The van der Waals surface area contributed by atoms with Crippen LogP contribution in [0.15, 0.2) is 71.1 Å². The summed E-state index contributed by atoms with van der Waals surface area (Å²) >= 11 is 1.20. The van der Waals surface area contributed by atoms with Gasteiger partial charge in [0.1, 0.15) is 24.0 Å². The summed E-state index contributed by atoms with van der Waals surface area (Å²) in [4.78, 5) is 15.5. The van der Waals surface area contributed by atoms with Gasteiger partial charge < -0.3 is 19.3 Å². The summed E-state index contributed by atoms with van der Waals surface area (Å²) < 4.78 is 44.6. The second kappa shape index (κ2) is 9.51. The van der Waals surface area contributed by atoms with Crippen molar-refractivity contribution in [2.24, 2.45) is 0 Å².